The Morgan fingerprint density at radius 3 is 2.31 bits per heavy atom. The monoisotopic (exact) mass is 572 g/mol. The number of nitriles is 1. The lowest BCUT2D eigenvalue weighted by Crippen LogP contribution is -2.16. The Bertz CT molecular complexity index is 1290. The lowest BCUT2D eigenvalue weighted by molar-refractivity contribution is 1.02. The SMILES string of the molecule is Cc1cnc(-c2cnc(NCCNc3ccc(C#N)cn3)nc2-c2ccc(Cl)cc2Cl)[nH]1.Cl.Cl.Cl. The molecule has 3 heterocycles. The lowest BCUT2D eigenvalue weighted by Gasteiger charge is -2.12. The number of hydrogen-bond donors (Lipinski definition) is 3. The fourth-order valence-corrected chi connectivity index (χ4v) is 3.50. The van der Waals surface area contributed by atoms with Gasteiger partial charge in [0, 0.05) is 48.0 Å². The minimum atomic E-state index is 0. The number of H-pyrrole nitrogens is 1. The number of imidazole rings is 1. The Labute approximate surface area is 231 Å². The van der Waals surface area contributed by atoms with E-state index in [0.29, 0.717) is 52.0 Å². The molecule has 0 saturated heterocycles. The predicted molar refractivity (Wildman–Crippen MR) is 147 cm³/mol. The Morgan fingerprint density at radius 1 is 0.914 bits per heavy atom. The fourth-order valence-electron chi connectivity index (χ4n) is 3.01. The first-order chi connectivity index (χ1) is 15.5. The smallest absolute Gasteiger partial charge is 0.223 e. The van der Waals surface area contributed by atoms with Crippen molar-refractivity contribution in [2.45, 2.75) is 6.92 Å². The number of nitrogens with zero attached hydrogens (tertiary/aromatic N) is 5. The number of aromatic nitrogens is 5. The molecule has 3 N–H and O–H groups in total. The van der Waals surface area contributed by atoms with Crippen molar-refractivity contribution in [1.29, 1.82) is 5.26 Å². The van der Waals surface area contributed by atoms with E-state index in [0.717, 1.165) is 16.8 Å². The molecule has 0 fully saturated rings. The molecule has 8 nitrogen and oxygen atoms in total. The van der Waals surface area contributed by atoms with Gasteiger partial charge in [-0.15, -0.1) is 37.2 Å². The summed E-state index contributed by atoms with van der Waals surface area (Å²) in [4.78, 5) is 20.9. The molecule has 4 aromatic rings. The van der Waals surface area contributed by atoms with Gasteiger partial charge in [0.05, 0.1) is 21.8 Å². The van der Waals surface area contributed by atoms with Crippen LogP contribution in [0.3, 0.4) is 0 Å². The molecule has 0 aliphatic rings. The fraction of sp³-hybridized carbons (Fsp3) is 0.136. The van der Waals surface area contributed by atoms with Gasteiger partial charge in [-0.05, 0) is 37.3 Å². The minimum absolute atomic E-state index is 0. The largest absolute Gasteiger partial charge is 0.368 e. The van der Waals surface area contributed by atoms with E-state index in [-0.39, 0.29) is 37.2 Å². The maximum atomic E-state index is 8.84. The van der Waals surface area contributed by atoms with Gasteiger partial charge in [0.1, 0.15) is 17.7 Å². The van der Waals surface area contributed by atoms with E-state index in [1.54, 1.807) is 36.7 Å². The molecule has 1 aromatic carbocycles. The molecule has 4 rings (SSSR count). The third kappa shape index (κ3) is 7.59. The van der Waals surface area contributed by atoms with E-state index in [1.165, 1.54) is 6.20 Å². The Kier molecular flexibility index (Phi) is 12.0. The molecule has 0 aliphatic carbocycles. The Morgan fingerprint density at radius 2 is 1.69 bits per heavy atom. The van der Waals surface area contributed by atoms with Gasteiger partial charge in [0.25, 0.3) is 0 Å². The molecule has 0 unspecified atom stereocenters. The molecular weight excluding hydrogens is 554 g/mol. The first-order valence-corrected chi connectivity index (χ1v) is 10.5. The zero-order chi connectivity index (χ0) is 22.5. The van der Waals surface area contributed by atoms with Crippen LogP contribution in [-0.4, -0.2) is 38.0 Å². The molecule has 0 aliphatic heterocycles. The summed E-state index contributed by atoms with van der Waals surface area (Å²) in [6.45, 7) is 3.06. The van der Waals surface area contributed by atoms with Gasteiger partial charge in [-0.1, -0.05) is 23.2 Å². The number of nitrogens with one attached hydrogen (secondary N) is 3. The summed E-state index contributed by atoms with van der Waals surface area (Å²) in [5.74, 6) is 1.79. The Hall–Kier alpha value is -2.80. The van der Waals surface area contributed by atoms with Crippen LogP contribution >= 0.6 is 60.4 Å². The molecule has 0 bridgehead atoms. The van der Waals surface area contributed by atoms with Crippen molar-refractivity contribution in [3.05, 3.63) is 70.2 Å². The average Bonchev–Trinajstić information content (AvgIpc) is 3.23. The molecule has 3 aromatic heterocycles. The normalized spacial score (nSPS) is 9.66. The van der Waals surface area contributed by atoms with Crippen LogP contribution in [0.15, 0.2) is 48.9 Å². The second-order valence-corrected chi connectivity index (χ2v) is 7.74. The maximum absolute atomic E-state index is 8.84. The molecule has 184 valence electrons. The van der Waals surface area contributed by atoms with E-state index in [4.69, 9.17) is 33.4 Å². The summed E-state index contributed by atoms with van der Waals surface area (Å²) in [6.07, 6.45) is 4.98. The molecule has 13 heteroatoms. The molecule has 0 spiro atoms. The van der Waals surface area contributed by atoms with Crippen molar-refractivity contribution in [3.63, 3.8) is 0 Å². The van der Waals surface area contributed by atoms with Crippen LogP contribution in [0.25, 0.3) is 22.6 Å². The second kappa shape index (κ2) is 13.9. The van der Waals surface area contributed by atoms with Crippen LogP contribution in [-0.2, 0) is 0 Å². The van der Waals surface area contributed by atoms with Gasteiger partial charge in [-0.3, -0.25) is 0 Å². The first-order valence-electron chi connectivity index (χ1n) is 9.72. The quantitative estimate of drug-likeness (QED) is 0.225. The molecule has 0 amide bonds. The first kappa shape index (κ1) is 30.2. The number of aromatic amines is 1. The summed E-state index contributed by atoms with van der Waals surface area (Å²) < 4.78 is 0. The van der Waals surface area contributed by atoms with Crippen LogP contribution in [0.2, 0.25) is 10.0 Å². The van der Waals surface area contributed by atoms with Gasteiger partial charge in [-0.25, -0.2) is 19.9 Å². The van der Waals surface area contributed by atoms with Crippen molar-refractivity contribution in [3.8, 4) is 28.7 Å². The van der Waals surface area contributed by atoms with Gasteiger partial charge in [-0.2, -0.15) is 5.26 Å². The van der Waals surface area contributed by atoms with Crippen molar-refractivity contribution in [2.24, 2.45) is 0 Å². The van der Waals surface area contributed by atoms with Crippen molar-refractivity contribution < 1.29 is 0 Å². The predicted octanol–water partition coefficient (Wildman–Crippen LogP) is 6.21. The summed E-state index contributed by atoms with van der Waals surface area (Å²) in [5, 5.41) is 16.3. The average molecular weight is 575 g/mol. The van der Waals surface area contributed by atoms with Crippen LogP contribution < -0.4 is 10.6 Å². The minimum Gasteiger partial charge on any atom is -0.368 e. The topological polar surface area (TPSA) is 115 Å². The molecule has 0 atom stereocenters. The van der Waals surface area contributed by atoms with Crippen LogP contribution in [0.1, 0.15) is 11.3 Å². The number of pyridine rings is 1. The molecule has 0 saturated carbocycles. The van der Waals surface area contributed by atoms with E-state index in [2.05, 4.69) is 30.6 Å². The Balaban J connectivity index is 0.00000204. The summed E-state index contributed by atoms with van der Waals surface area (Å²) >= 11 is 12.5. The third-order valence-corrected chi connectivity index (χ3v) is 5.09. The number of halogens is 5. The highest BCUT2D eigenvalue weighted by molar-refractivity contribution is 6.36. The molecule has 35 heavy (non-hydrogen) atoms. The van der Waals surface area contributed by atoms with Crippen LogP contribution in [0.4, 0.5) is 11.8 Å². The van der Waals surface area contributed by atoms with E-state index < -0.39 is 0 Å². The summed E-state index contributed by atoms with van der Waals surface area (Å²) in [5.41, 5.74) is 3.54. The van der Waals surface area contributed by atoms with E-state index in [1.807, 2.05) is 19.1 Å². The van der Waals surface area contributed by atoms with Crippen molar-refractivity contribution >= 4 is 72.2 Å². The number of rotatable bonds is 7. The van der Waals surface area contributed by atoms with Crippen molar-refractivity contribution in [2.75, 3.05) is 23.7 Å². The second-order valence-electron chi connectivity index (χ2n) is 6.89. The maximum Gasteiger partial charge on any atom is 0.223 e. The molecular formula is C22H21Cl5N8. The number of hydrogen-bond acceptors (Lipinski definition) is 7. The standard InChI is InChI=1S/C22H18Cl2N8.3ClH/c1-13-10-29-21(31-13)17-12-30-22(32-20(17)16-4-3-15(23)8-18(16)24)27-7-6-26-19-5-2-14(9-25)11-28-19;;;/h2-5,8,10-12H,6-7H2,1H3,(H,26,28)(H,29,31)(H,27,30,32);3*1H. The van der Waals surface area contributed by atoms with Crippen LogP contribution in [0.5, 0.6) is 0 Å². The van der Waals surface area contributed by atoms with Gasteiger partial charge < -0.3 is 15.6 Å². The highest BCUT2D eigenvalue weighted by atomic mass is 35.5. The third-order valence-electron chi connectivity index (χ3n) is 4.54. The lowest BCUT2D eigenvalue weighted by atomic mass is 10.1. The number of anilines is 2. The highest BCUT2D eigenvalue weighted by Gasteiger charge is 2.16. The van der Waals surface area contributed by atoms with Crippen molar-refractivity contribution in [1.82, 2.24) is 24.9 Å². The number of aryl methyl sites for hydroxylation is 1. The zero-order valence-electron chi connectivity index (χ0n) is 18.2. The van der Waals surface area contributed by atoms with Gasteiger partial charge >= 0.3 is 0 Å². The van der Waals surface area contributed by atoms with Gasteiger partial charge in [0.15, 0.2) is 0 Å². The highest BCUT2D eigenvalue weighted by Crippen LogP contribution is 2.35. The summed E-state index contributed by atoms with van der Waals surface area (Å²) in [6, 6.07) is 10.8. The zero-order valence-corrected chi connectivity index (χ0v) is 22.2. The number of benzene rings is 1. The van der Waals surface area contributed by atoms with E-state index in [9.17, 15) is 0 Å². The molecule has 0 radical (unpaired) electrons. The summed E-state index contributed by atoms with van der Waals surface area (Å²) in [7, 11) is 0. The van der Waals surface area contributed by atoms with Gasteiger partial charge in [0.2, 0.25) is 5.95 Å². The van der Waals surface area contributed by atoms with Crippen LogP contribution in [0, 0.1) is 18.3 Å². The van der Waals surface area contributed by atoms with E-state index >= 15 is 0 Å².